The molecular weight excluding hydrogens is 398 g/mol. The zero-order valence-corrected chi connectivity index (χ0v) is 18.1. The van der Waals surface area contributed by atoms with Gasteiger partial charge in [-0.05, 0) is 49.6 Å². The molecule has 7 heteroatoms. The molecule has 0 radical (unpaired) electrons. The number of nitrogens with zero attached hydrogens (tertiary/aromatic N) is 1. The lowest BCUT2D eigenvalue weighted by Crippen LogP contribution is -2.34. The zero-order chi connectivity index (χ0) is 21.7. The van der Waals surface area contributed by atoms with E-state index in [-0.39, 0.29) is 11.5 Å². The van der Waals surface area contributed by atoms with Gasteiger partial charge >= 0.3 is 0 Å². The fourth-order valence-corrected chi connectivity index (χ4v) is 4.30. The van der Waals surface area contributed by atoms with E-state index in [0.29, 0.717) is 46.9 Å². The zero-order valence-electron chi connectivity index (χ0n) is 18.1. The molecule has 0 bridgehead atoms. The number of hydrogen-bond donors (Lipinski definition) is 0. The van der Waals surface area contributed by atoms with Crippen LogP contribution in [0.25, 0.3) is 6.08 Å². The number of ether oxygens (including phenoxy) is 5. The summed E-state index contributed by atoms with van der Waals surface area (Å²) in [6, 6.07) is 6.09. The van der Waals surface area contributed by atoms with Crippen molar-refractivity contribution >= 4 is 11.9 Å². The van der Waals surface area contributed by atoms with Gasteiger partial charge in [-0.3, -0.25) is 9.69 Å². The molecule has 2 heterocycles. The van der Waals surface area contributed by atoms with Gasteiger partial charge in [-0.25, -0.2) is 0 Å². The van der Waals surface area contributed by atoms with Crippen molar-refractivity contribution in [3.05, 3.63) is 46.2 Å². The van der Waals surface area contributed by atoms with Crippen LogP contribution in [0.3, 0.4) is 0 Å². The van der Waals surface area contributed by atoms with Crippen molar-refractivity contribution in [3.8, 4) is 28.7 Å². The fourth-order valence-electron chi connectivity index (χ4n) is 4.30. The highest BCUT2D eigenvalue weighted by Crippen LogP contribution is 2.46. The van der Waals surface area contributed by atoms with Gasteiger partial charge in [0.1, 0.15) is 18.2 Å². The Morgan fingerprint density at radius 3 is 2.55 bits per heavy atom. The second-order valence-electron chi connectivity index (χ2n) is 7.99. The van der Waals surface area contributed by atoms with Crippen molar-refractivity contribution in [1.29, 1.82) is 0 Å². The third-order valence-electron chi connectivity index (χ3n) is 6.03. The third kappa shape index (κ3) is 3.20. The minimum atomic E-state index is -0.143. The van der Waals surface area contributed by atoms with E-state index in [4.69, 9.17) is 23.7 Å². The molecule has 0 spiro atoms. The van der Waals surface area contributed by atoms with Gasteiger partial charge in [0.2, 0.25) is 11.5 Å². The summed E-state index contributed by atoms with van der Waals surface area (Å²) < 4.78 is 28.5. The maximum absolute atomic E-state index is 13.3. The van der Waals surface area contributed by atoms with Crippen LogP contribution in [0.1, 0.15) is 39.9 Å². The fraction of sp³-hybridized carbons (Fsp3) is 0.375. The molecule has 0 unspecified atom stereocenters. The van der Waals surface area contributed by atoms with Crippen LogP contribution in [-0.2, 0) is 6.54 Å². The van der Waals surface area contributed by atoms with E-state index in [0.717, 1.165) is 23.4 Å². The van der Waals surface area contributed by atoms with Crippen molar-refractivity contribution in [2.45, 2.75) is 32.4 Å². The number of fused-ring (bicyclic) bond motifs is 3. The average Bonchev–Trinajstić information content (AvgIpc) is 3.57. The molecule has 1 aliphatic carbocycles. The quantitative estimate of drug-likeness (QED) is 0.675. The Morgan fingerprint density at radius 2 is 1.87 bits per heavy atom. The Kier molecular flexibility index (Phi) is 4.78. The van der Waals surface area contributed by atoms with Crippen LogP contribution in [0.5, 0.6) is 28.7 Å². The van der Waals surface area contributed by atoms with Crippen LogP contribution in [0.2, 0.25) is 0 Å². The van der Waals surface area contributed by atoms with Gasteiger partial charge in [-0.15, -0.1) is 0 Å². The smallest absolute Gasteiger partial charge is 0.232 e. The molecule has 5 rings (SSSR count). The molecule has 7 nitrogen and oxygen atoms in total. The van der Waals surface area contributed by atoms with Crippen LogP contribution < -0.4 is 23.7 Å². The first kappa shape index (κ1) is 19.8. The highest BCUT2D eigenvalue weighted by Gasteiger charge is 2.38. The van der Waals surface area contributed by atoms with Gasteiger partial charge in [-0.2, -0.15) is 0 Å². The molecular formula is C24H25NO6. The Hall–Kier alpha value is -3.19. The molecule has 3 aliphatic rings. The van der Waals surface area contributed by atoms with Crippen molar-refractivity contribution in [2.24, 2.45) is 0 Å². The number of benzene rings is 2. The van der Waals surface area contributed by atoms with E-state index < -0.39 is 0 Å². The minimum absolute atomic E-state index is 0.143. The molecule has 2 aliphatic heterocycles. The minimum Gasteiger partial charge on any atom is -0.493 e. The second kappa shape index (κ2) is 7.50. The summed E-state index contributed by atoms with van der Waals surface area (Å²) >= 11 is 0. The molecule has 0 amide bonds. The summed E-state index contributed by atoms with van der Waals surface area (Å²) in [5, 5.41) is 0. The van der Waals surface area contributed by atoms with Crippen LogP contribution in [-0.4, -0.2) is 44.8 Å². The lowest BCUT2D eigenvalue weighted by atomic mass is 9.98. The van der Waals surface area contributed by atoms with Gasteiger partial charge in [0.05, 0.1) is 32.5 Å². The summed E-state index contributed by atoms with van der Waals surface area (Å²) in [4.78, 5) is 15.6. The van der Waals surface area contributed by atoms with Crippen LogP contribution in [0.4, 0.5) is 0 Å². The van der Waals surface area contributed by atoms with Gasteiger partial charge < -0.3 is 23.7 Å². The first-order valence-electron chi connectivity index (χ1n) is 10.3. The van der Waals surface area contributed by atoms with Crippen molar-refractivity contribution in [2.75, 3.05) is 28.1 Å². The van der Waals surface area contributed by atoms with Crippen molar-refractivity contribution < 1.29 is 28.5 Å². The molecule has 0 aromatic heterocycles. The highest BCUT2D eigenvalue weighted by atomic mass is 16.5. The number of ketones is 1. The van der Waals surface area contributed by atoms with E-state index in [9.17, 15) is 4.79 Å². The van der Waals surface area contributed by atoms with Crippen LogP contribution in [0, 0.1) is 6.92 Å². The number of aryl methyl sites for hydroxylation is 1. The van der Waals surface area contributed by atoms with Crippen molar-refractivity contribution in [1.82, 2.24) is 4.90 Å². The summed E-state index contributed by atoms with van der Waals surface area (Å²) in [6.45, 7) is 3.22. The lowest BCUT2D eigenvalue weighted by Gasteiger charge is -2.30. The molecule has 0 N–H and O–H groups in total. The predicted octanol–water partition coefficient (Wildman–Crippen LogP) is 3.95. The predicted molar refractivity (Wildman–Crippen MR) is 114 cm³/mol. The summed E-state index contributed by atoms with van der Waals surface area (Å²) in [5.74, 6) is 3.00. The molecule has 162 valence electrons. The Balaban J connectivity index is 1.56. The first-order chi connectivity index (χ1) is 15.0. The number of methoxy groups -OCH3 is 3. The molecule has 0 atom stereocenters. The molecule has 2 aromatic carbocycles. The highest BCUT2D eigenvalue weighted by molar-refractivity contribution is 6.16. The van der Waals surface area contributed by atoms with Gasteiger partial charge in [0.25, 0.3) is 0 Å². The summed E-state index contributed by atoms with van der Waals surface area (Å²) in [5.41, 5.74) is 3.06. The van der Waals surface area contributed by atoms with Gasteiger partial charge in [-0.1, -0.05) is 0 Å². The normalized spacial score (nSPS) is 18.8. The van der Waals surface area contributed by atoms with E-state index in [1.165, 1.54) is 12.8 Å². The average molecular weight is 423 g/mol. The molecule has 1 fully saturated rings. The van der Waals surface area contributed by atoms with Gasteiger partial charge in [0, 0.05) is 18.2 Å². The van der Waals surface area contributed by atoms with E-state index in [1.807, 2.05) is 19.1 Å². The number of carbonyl (C=O) groups excluding carboxylic acids is 1. The first-order valence-corrected chi connectivity index (χ1v) is 10.3. The maximum Gasteiger partial charge on any atom is 0.232 e. The molecule has 1 saturated carbocycles. The van der Waals surface area contributed by atoms with E-state index in [2.05, 4.69) is 4.90 Å². The second-order valence-corrected chi connectivity index (χ2v) is 7.99. The monoisotopic (exact) mass is 423 g/mol. The van der Waals surface area contributed by atoms with E-state index >= 15 is 0 Å². The Labute approximate surface area is 181 Å². The van der Waals surface area contributed by atoms with Gasteiger partial charge in [0.15, 0.2) is 17.3 Å². The Morgan fingerprint density at radius 1 is 1.10 bits per heavy atom. The van der Waals surface area contributed by atoms with Crippen LogP contribution >= 0.6 is 0 Å². The number of hydrogen-bond acceptors (Lipinski definition) is 7. The molecule has 0 saturated heterocycles. The van der Waals surface area contributed by atoms with Crippen LogP contribution in [0.15, 0.2) is 24.0 Å². The van der Waals surface area contributed by atoms with E-state index in [1.54, 1.807) is 33.5 Å². The maximum atomic E-state index is 13.3. The third-order valence-corrected chi connectivity index (χ3v) is 6.03. The SMILES string of the molecule is COc1ccc(/C=C2\Oc3c4c(cc(C)c3C2=O)OCN(C2CC2)C4)c(OC)c1OC. The summed E-state index contributed by atoms with van der Waals surface area (Å²) in [6.07, 6.45) is 4.07. The number of allylic oxidation sites excluding steroid dienone is 1. The molecule has 31 heavy (non-hydrogen) atoms. The lowest BCUT2D eigenvalue weighted by molar-refractivity contribution is 0.0867. The topological polar surface area (TPSA) is 66.5 Å². The largest absolute Gasteiger partial charge is 0.493 e. The summed E-state index contributed by atoms with van der Waals surface area (Å²) in [7, 11) is 4.66. The number of carbonyl (C=O) groups is 1. The number of rotatable bonds is 5. The molecule has 2 aromatic rings. The van der Waals surface area contributed by atoms with Crippen molar-refractivity contribution in [3.63, 3.8) is 0 Å². The number of Topliss-reactive ketones (excluding diaryl/α,β-unsaturated/α-hetero) is 1. The standard InChI is InChI=1S/C24H25NO6/c1-13-9-18-16(11-25(12-30-18)15-6-7-15)23-20(13)21(26)19(31-23)10-14-5-8-17(27-2)24(29-4)22(14)28-3/h5,8-10,15H,6-7,11-12H2,1-4H3/b19-10-. The Bertz CT molecular complexity index is 1100.